The number of nitrogens with two attached hydrogens (primary N) is 1. The summed E-state index contributed by atoms with van der Waals surface area (Å²) in [6.07, 6.45) is 2.21. The van der Waals surface area contributed by atoms with Gasteiger partial charge in [-0.2, -0.15) is 0 Å². The highest BCUT2D eigenvalue weighted by Gasteiger charge is 2.10. The number of hydrogen-bond acceptors (Lipinski definition) is 4. The van der Waals surface area contributed by atoms with Crippen molar-refractivity contribution in [3.05, 3.63) is 55.1 Å². The van der Waals surface area contributed by atoms with Crippen molar-refractivity contribution < 1.29 is 0 Å². The van der Waals surface area contributed by atoms with E-state index in [0.717, 1.165) is 14.6 Å². The molecule has 0 aliphatic carbocycles. The van der Waals surface area contributed by atoms with Crippen molar-refractivity contribution in [3.8, 4) is 0 Å². The first-order valence-electron chi connectivity index (χ1n) is 6.45. The maximum atomic E-state index is 12.2. The van der Waals surface area contributed by atoms with E-state index < -0.39 is 11.2 Å². The first-order valence-corrected chi connectivity index (χ1v) is 7.24. The highest BCUT2D eigenvalue weighted by atomic mass is 79.9. The smallest absolute Gasteiger partial charge is 0.330 e. The number of benzene rings is 1. The van der Waals surface area contributed by atoms with Crippen molar-refractivity contribution in [3.63, 3.8) is 0 Å². The van der Waals surface area contributed by atoms with Gasteiger partial charge in [0, 0.05) is 17.2 Å². The molecule has 7 heteroatoms. The van der Waals surface area contributed by atoms with Crippen molar-refractivity contribution in [1.29, 1.82) is 0 Å². The largest absolute Gasteiger partial charge is 0.383 e. The summed E-state index contributed by atoms with van der Waals surface area (Å²) < 4.78 is 2.05. The summed E-state index contributed by atoms with van der Waals surface area (Å²) in [5.41, 5.74) is 5.56. The van der Waals surface area contributed by atoms with Gasteiger partial charge in [0.2, 0.25) is 0 Å². The van der Waals surface area contributed by atoms with Crippen LogP contribution >= 0.6 is 15.9 Å². The van der Waals surface area contributed by atoms with Gasteiger partial charge in [0.05, 0.1) is 0 Å². The number of aliphatic imine (C=N–C) groups is 1. The lowest BCUT2D eigenvalue weighted by Crippen LogP contribution is -2.35. The molecular weight excluding hydrogens is 336 g/mol. The van der Waals surface area contributed by atoms with Gasteiger partial charge in [-0.3, -0.25) is 14.3 Å². The van der Waals surface area contributed by atoms with Crippen LogP contribution < -0.4 is 17.0 Å². The van der Waals surface area contributed by atoms with Crippen LogP contribution in [-0.2, 0) is 6.54 Å². The van der Waals surface area contributed by atoms with Gasteiger partial charge >= 0.3 is 5.69 Å². The molecule has 0 aliphatic rings. The zero-order chi connectivity index (χ0) is 15.4. The van der Waals surface area contributed by atoms with E-state index in [1.54, 1.807) is 0 Å². The molecule has 0 saturated carbocycles. The maximum absolute atomic E-state index is 12.2. The Balaban J connectivity index is 2.44. The molecule has 1 aromatic carbocycles. The molecule has 0 amide bonds. The molecule has 2 aromatic rings. The Morgan fingerprint density at radius 2 is 2.00 bits per heavy atom. The van der Waals surface area contributed by atoms with Crippen LogP contribution in [0, 0.1) is 0 Å². The Bertz CT molecular complexity index is 775. The molecule has 0 atom stereocenters. The zero-order valence-electron chi connectivity index (χ0n) is 11.5. The lowest BCUT2D eigenvalue weighted by atomic mass is 10.2. The molecule has 110 valence electrons. The number of nitrogen functional groups attached to an aromatic ring is 1. The van der Waals surface area contributed by atoms with Crippen molar-refractivity contribution in [2.45, 2.75) is 19.9 Å². The standard InChI is InChI=1S/C14H15BrN4O2/c1-2-7-19-13(20)11(12(16)18-14(19)21)17-8-9-3-5-10(15)6-4-9/h3-6,8H,2,7,16H2,1H3,(H,18,21). The third-order valence-electron chi connectivity index (χ3n) is 2.85. The summed E-state index contributed by atoms with van der Waals surface area (Å²) in [5, 5.41) is 0. The first kappa shape index (κ1) is 15.2. The van der Waals surface area contributed by atoms with Crippen LogP contribution in [0.3, 0.4) is 0 Å². The number of nitrogens with one attached hydrogen (secondary N) is 1. The predicted octanol–water partition coefficient (Wildman–Crippen LogP) is 2.04. The number of aromatic amines is 1. The lowest BCUT2D eigenvalue weighted by molar-refractivity contribution is 0.618. The zero-order valence-corrected chi connectivity index (χ0v) is 13.1. The van der Waals surface area contributed by atoms with Gasteiger partial charge in [-0.1, -0.05) is 35.0 Å². The average Bonchev–Trinajstić information content (AvgIpc) is 2.45. The van der Waals surface area contributed by atoms with Gasteiger partial charge in [-0.15, -0.1) is 0 Å². The minimum absolute atomic E-state index is 0.0225. The molecule has 0 fully saturated rings. The topological polar surface area (TPSA) is 93.2 Å². The Morgan fingerprint density at radius 1 is 1.33 bits per heavy atom. The number of H-pyrrole nitrogens is 1. The summed E-state index contributed by atoms with van der Waals surface area (Å²) in [7, 11) is 0. The van der Waals surface area contributed by atoms with E-state index in [1.807, 2.05) is 31.2 Å². The summed E-state index contributed by atoms with van der Waals surface area (Å²) >= 11 is 3.34. The number of halogens is 1. The summed E-state index contributed by atoms with van der Waals surface area (Å²) in [4.78, 5) is 30.5. The van der Waals surface area contributed by atoms with Gasteiger partial charge in [0.1, 0.15) is 5.82 Å². The third-order valence-corrected chi connectivity index (χ3v) is 3.38. The second-order valence-electron chi connectivity index (χ2n) is 4.46. The minimum Gasteiger partial charge on any atom is -0.383 e. The Kier molecular flexibility index (Phi) is 4.74. The Morgan fingerprint density at radius 3 is 2.62 bits per heavy atom. The van der Waals surface area contributed by atoms with E-state index in [1.165, 1.54) is 6.21 Å². The van der Waals surface area contributed by atoms with Crippen molar-refractivity contribution in [2.24, 2.45) is 4.99 Å². The van der Waals surface area contributed by atoms with Crippen molar-refractivity contribution >= 4 is 33.6 Å². The molecule has 0 radical (unpaired) electrons. The van der Waals surface area contributed by atoms with Crippen molar-refractivity contribution in [2.75, 3.05) is 5.73 Å². The number of nitrogens with zero attached hydrogens (tertiary/aromatic N) is 2. The summed E-state index contributed by atoms with van der Waals surface area (Å²) in [6.45, 7) is 2.21. The highest BCUT2D eigenvalue weighted by Crippen LogP contribution is 2.13. The first-order chi connectivity index (χ1) is 10.0. The molecule has 0 aliphatic heterocycles. The molecular formula is C14H15BrN4O2. The number of rotatable bonds is 4. The molecule has 0 unspecified atom stereocenters. The van der Waals surface area contributed by atoms with E-state index in [0.29, 0.717) is 13.0 Å². The SMILES string of the molecule is CCCn1c(=O)[nH]c(N)c(N=Cc2ccc(Br)cc2)c1=O. The second kappa shape index (κ2) is 6.53. The van der Waals surface area contributed by atoms with Crippen molar-refractivity contribution in [1.82, 2.24) is 9.55 Å². The van der Waals surface area contributed by atoms with Crippen LogP contribution in [0.5, 0.6) is 0 Å². The van der Waals surface area contributed by atoms with E-state index in [-0.39, 0.29) is 11.5 Å². The summed E-state index contributed by atoms with van der Waals surface area (Å²) in [5.74, 6) is -0.0225. The monoisotopic (exact) mass is 350 g/mol. The molecule has 1 heterocycles. The van der Waals surface area contributed by atoms with Crippen LogP contribution in [0.2, 0.25) is 0 Å². The quantitative estimate of drug-likeness (QED) is 0.826. The normalized spacial score (nSPS) is 11.1. The Labute approximate surface area is 129 Å². The molecule has 0 saturated heterocycles. The van der Waals surface area contributed by atoms with Gasteiger partial charge in [0.25, 0.3) is 5.56 Å². The highest BCUT2D eigenvalue weighted by molar-refractivity contribution is 9.10. The van der Waals surface area contributed by atoms with Gasteiger partial charge in [-0.05, 0) is 24.1 Å². The number of aromatic nitrogens is 2. The second-order valence-corrected chi connectivity index (χ2v) is 5.37. The average molecular weight is 351 g/mol. The van der Waals surface area contributed by atoms with E-state index in [4.69, 9.17) is 5.73 Å². The molecule has 6 nitrogen and oxygen atoms in total. The molecule has 3 N–H and O–H groups in total. The third kappa shape index (κ3) is 3.49. The van der Waals surface area contributed by atoms with Gasteiger partial charge in [0.15, 0.2) is 5.69 Å². The fourth-order valence-electron chi connectivity index (χ4n) is 1.82. The Hall–Kier alpha value is -2.15. The minimum atomic E-state index is -0.512. The van der Waals surface area contributed by atoms with E-state index >= 15 is 0 Å². The molecule has 0 spiro atoms. The van der Waals surface area contributed by atoms with E-state index in [9.17, 15) is 9.59 Å². The molecule has 2 rings (SSSR count). The molecule has 21 heavy (non-hydrogen) atoms. The molecule has 0 bridgehead atoms. The predicted molar refractivity (Wildman–Crippen MR) is 87.4 cm³/mol. The van der Waals surface area contributed by atoms with Crippen LogP contribution in [0.1, 0.15) is 18.9 Å². The summed E-state index contributed by atoms with van der Waals surface area (Å²) in [6, 6.07) is 7.43. The fourth-order valence-corrected chi connectivity index (χ4v) is 2.08. The fraction of sp³-hybridized carbons (Fsp3) is 0.214. The van der Waals surface area contributed by atoms with Gasteiger partial charge in [-0.25, -0.2) is 9.79 Å². The lowest BCUT2D eigenvalue weighted by Gasteiger charge is -2.05. The van der Waals surface area contributed by atoms with E-state index in [2.05, 4.69) is 25.9 Å². The maximum Gasteiger partial charge on any atom is 0.330 e. The van der Waals surface area contributed by atoms with Crippen LogP contribution in [0.25, 0.3) is 0 Å². The van der Waals surface area contributed by atoms with Crippen LogP contribution in [0.4, 0.5) is 11.5 Å². The number of hydrogen-bond donors (Lipinski definition) is 2. The number of anilines is 1. The molecule has 1 aromatic heterocycles. The van der Waals surface area contributed by atoms with Gasteiger partial charge < -0.3 is 5.73 Å². The van der Waals surface area contributed by atoms with Crippen LogP contribution in [0.15, 0.2) is 43.3 Å². The van der Waals surface area contributed by atoms with Crippen LogP contribution in [-0.4, -0.2) is 15.8 Å².